The van der Waals surface area contributed by atoms with Crippen molar-refractivity contribution in [1.29, 1.82) is 0 Å². The molecule has 2 heteroatoms. The molecular formula is C10H21NO. The Morgan fingerprint density at radius 3 is 2.00 bits per heavy atom. The maximum Gasteiger partial charge on any atom is 0.0839 e. The quantitative estimate of drug-likeness (QED) is 0.595. The number of nitrogens with zero attached hydrogens (tertiary/aromatic N) is 1. The molecule has 2 unspecified atom stereocenters. The van der Waals surface area contributed by atoms with Crippen molar-refractivity contribution in [2.45, 2.75) is 41.0 Å². The van der Waals surface area contributed by atoms with E-state index in [9.17, 15) is 4.91 Å². The molecule has 0 aliphatic rings. The van der Waals surface area contributed by atoms with Gasteiger partial charge in [0.25, 0.3) is 0 Å². The Morgan fingerprint density at radius 2 is 1.67 bits per heavy atom. The van der Waals surface area contributed by atoms with Gasteiger partial charge in [0.1, 0.15) is 0 Å². The summed E-state index contributed by atoms with van der Waals surface area (Å²) < 4.78 is 0. The van der Waals surface area contributed by atoms with E-state index in [-0.39, 0.29) is 0 Å². The first-order chi connectivity index (χ1) is 5.37. The fourth-order valence-electron chi connectivity index (χ4n) is 1.46. The van der Waals surface area contributed by atoms with Gasteiger partial charge in [0.2, 0.25) is 0 Å². The molecule has 0 aliphatic heterocycles. The summed E-state index contributed by atoms with van der Waals surface area (Å²) in [6.07, 6.45) is 1.16. The van der Waals surface area contributed by atoms with Gasteiger partial charge in [-0.2, -0.15) is 4.91 Å². The second-order valence-electron chi connectivity index (χ2n) is 5.03. The van der Waals surface area contributed by atoms with Crippen LogP contribution in [-0.2, 0) is 0 Å². The van der Waals surface area contributed by atoms with Gasteiger partial charge in [-0.05, 0) is 23.7 Å². The Labute approximate surface area is 75.7 Å². The molecule has 0 amide bonds. The maximum absolute atomic E-state index is 10.0. The van der Waals surface area contributed by atoms with E-state index >= 15 is 0 Å². The van der Waals surface area contributed by atoms with E-state index in [1.54, 1.807) is 0 Å². The van der Waals surface area contributed by atoms with Gasteiger partial charge in [-0.25, -0.2) is 0 Å². The fourth-order valence-corrected chi connectivity index (χ4v) is 1.46. The molecule has 0 aliphatic carbocycles. The highest BCUT2D eigenvalue weighted by Crippen LogP contribution is 2.28. The van der Waals surface area contributed by atoms with Crippen LogP contribution in [0.2, 0.25) is 0 Å². The van der Waals surface area contributed by atoms with Gasteiger partial charge in [0.05, 0.1) is 6.54 Å². The average molecular weight is 171 g/mol. The zero-order valence-electron chi connectivity index (χ0n) is 8.92. The summed E-state index contributed by atoms with van der Waals surface area (Å²) in [6.45, 7) is 11.4. The lowest BCUT2D eigenvalue weighted by Crippen LogP contribution is -2.18. The van der Waals surface area contributed by atoms with Crippen molar-refractivity contribution in [3.8, 4) is 0 Å². The summed E-state index contributed by atoms with van der Waals surface area (Å²) in [7, 11) is 0. The molecule has 12 heavy (non-hydrogen) atoms. The molecule has 0 aromatic heterocycles. The predicted molar refractivity (Wildman–Crippen MR) is 53.1 cm³/mol. The Balaban J connectivity index is 3.86. The van der Waals surface area contributed by atoms with Crippen LogP contribution in [0.25, 0.3) is 0 Å². The smallest absolute Gasteiger partial charge is 0.0839 e. The molecule has 0 aromatic rings. The lowest BCUT2D eigenvalue weighted by atomic mass is 9.80. The normalized spacial score (nSPS) is 17.1. The first-order valence-corrected chi connectivity index (χ1v) is 4.66. The summed E-state index contributed by atoms with van der Waals surface area (Å²) in [5, 5.41) is 2.94. The maximum atomic E-state index is 10.0. The first-order valence-electron chi connectivity index (χ1n) is 4.66. The van der Waals surface area contributed by atoms with Gasteiger partial charge in [-0.15, -0.1) is 0 Å². The highest BCUT2D eigenvalue weighted by Gasteiger charge is 2.19. The largest absolute Gasteiger partial charge is 0.151 e. The van der Waals surface area contributed by atoms with Crippen molar-refractivity contribution in [3.63, 3.8) is 0 Å². The van der Waals surface area contributed by atoms with Crippen molar-refractivity contribution in [3.05, 3.63) is 4.91 Å². The minimum absolute atomic E-state index is 0.358. The van der Waals surface area contributed by atoms with Crippen molar-refractivity contribution in [2.75, 3.05) is 6.54 Å². The summed E-state index contributed by atoms with van der Waals surface area (Å²) in [4.78, 5) is 10.0. The van der Waals surface area contributed by atoms with Crippen LogP contribution in [0, 0.1) is 22.2 Å². The van der Waals surface area contributed by atoms with Crippen LogP contribution in [0.4, 0.5) is 0 Å². The molecule has 0 saturated heterocycles. The van der Waals surface area contributed by atoms with E-state index in [1.807, 2.05) is 0 Å². The third kappa shape index (κ3) is 5.28. The van der Waals surface area contributed by atoms with Gasteiger partial charge in [0, 0.05) is 0 Å². The monoisotopic (exact) mass is 171 g/mol. The van der Waals surface area contributed by atoms with Crippen molar-refractivity contribution in [2.24, 2.45) is 22.4 Å². The van der Waals surface area contributed by atoms with Crippen LogP contribution in [0.3, 0.4) is 0 Å². The van der Waals surface area contributed by atoms with Crippen LogP contribution in [0.1, 0.15) is 41.0 Å². The number of hydrogen-bond donors (Lipinski definition) is 0. The second kappa shape index (κ2) is 4.58. The minimum Gasteiger partial charge on any atom is -0.151 e. The first kappa shape index (κ1) is 11.6. The Hall–Kier alpha value is -0.400. The standard InChI is InChI=1S/C10H21NO/c1-8(6-10(3,4)5)9(2)7-11-12/h8-9H,6-7H2,1-5H3. The van der Waals surface area contributed by atoms with E-state index < -0.39 is 0 Å². The van der Waals surface area contributed by atoms with Gasteiger partial charge in [-0.1, -0.05) is 39.8 Å². The van der Waals surface area contributed by atoms with Crippen molar-refractivity contribution < 1.29 is 0 Å². The van der Waals surface area contributed by atoms with Gasteiger partial charge in [-0.3, -0.25) is 0 Å². The van der Waals surface area contributed by atoms with Gasteiger partial charge >= 0.3 is 0 Å². The SMILES string of the molecule is CC(CN=O)C(C)CC(C)(C)C. The third-order valence-electron chi connectivity index (χ3n) is 2.27. The van der Waals surface area contributed by atoms with E-state index in [1.165, 1.54) is 0 Å². The molecule has 0 heterocycles. The van der Waals surface area contributed by atoms with Crippen LogP contribution >= 0.6 is 0 Å². The van der Waals surface area contributed by atoms with E-state index in [0.717, 1.165) is 6.42 Å². The van der Waals surface area contributed by atoms with Crippen LogP contribution < -0.4 is 0 Å². The van der Waals surface area contributed by atoms with Gasteiger partial charge < -0.3 is 0 Å². The van der Waals surface area contributed by atoms with E-state index in [2.05, 4.69) is 39.8 Å². The van der Waals surface area contributed by atoms with E-state index in [4.69, 9.17) is 0 Å². The van der Waals surface area contributed by atoms with Crippen molar-refractivity contribution >= 4 is 0 Å². The molecular weight excluding hydrogens is 150 g/mol. The third-order valence-corrected chi connectivity index (χ3v) is 2.27. The van der Waals surface area contributed by atoms with Crippen molar-refractivity contribution in [1.82, 2.24) is 0 Å². The minimum atomic E-state index is 0.358. The zero-order chi connectivity index (χ0) is 9.78. The second-order valence-corrected chi connectivity index (χ2v) is 5.03. The number of hydrogen-bond acceptors (Lipinski definition) is 2. The van der Waals surface area contributed by atoms with Crippen LogP contribution in [0.15, 0.2) is 5.18 Å². The molecule has 0 aromatic carbocycles. The molecule has 2 atom stereocenters. The summed E-state index contributed by atoms with van der Waals surface area (Å²) >= 11 is 0. The van der Waals surface area contributed by atoms with Crippen LogP contribution in [-0.4, -0.2) is 6.54 Å². The molecule has 2 nitrogen and oxygen atoms in total. The number of nitroso groups, excluding NO2 is 1. The number of rotatable bonds is 4. The molecule has 72 valence electrons. The highest BCUT2D eigenvalue weighted by molar-refractivity contribution is 4.71. The summed E-state index contributed by atoms with van der Waals surface area (Å²) in [5.74, 6) is 1.00. The summed E-state index contributed by atoms with van der Waals surface area (Å²) in [6, 6.07) is 0. The Kier molecular flexibility index (Phi) is 4.43. The molecule has 0 rings (SSSR count). The Morgan fingerprint density at radius 1 is 1.17 bits per heavy atom. The molecule has 0 saturated carbocycles. The molecule has 0 spiro atoms. The molecule has 0 N–H and O–H groups in total. The zero-order valence-corrected chi connectivity index (χ0v) is 8.92. The lowest BCUT2D eigenvalue weighted by molar-refractivity contribution is 0.253. The highest BCUT2D eigenvalue weighted by atomic mass is 16.3. The summed E-state index contributed by atoms with van der Waals surface area (Å²) in [5.41, 5.74) is 0.358. The topological polar surface area (TPSA) is 29.4 Å². The van der Waals surface area contributed by atoms with Crippen LogP contribution in [0.5, 0.6) is 0 Å². The fraction of sp³-hybridized carbons (Fsp3) is 1.00. The molecule has 0 fully saturated rings. The Bertz CT molecular complexity index is 137. The van der Waals surface area contributed by atoms with E-state index in [0.29, 0.717) is 23.8 Å². The predicted octanol–water partition coefficient (Wildman–Crippen LogP) is 3.46. The lowest BCUT2D eigenvalue weighted by Gasteiger charge is -2.26. The van der Waals surface area contributed by atoms with Gasteiger partial charge in [0.15, 0.2) is 0 Å². The molecule has 0 bridgehead atoms. The average Bonchev–Trinajstić information content (AvgIpc) is 1.84. The molecule has 0 radical (unpaired) electrons.